The third kappa shape index (κ3) is 3.17. The number of fused-ring (bicyclic) bond motifs is 3. The zero-order valence-corrected chi connectivity index (χ0v) is 17.4. The first-order valence-electron chi connectivity index (χ1n) is 10.3. The summed E-state index contributed by atoms with van der Waals surface area (Å²) in [6.07, 6.45) is 4.24. The van der Waals surface area contributed by atoms with E-state index >= 15 is 0 Å². The van der Waals surface area contributed by atoms with Crippen LogP contribution < -0.4 is 5.32 Å². The molecule has 0 fully saturated rings. The number of nitrogens with one attached hydrogen (secondary N) is 1. The Hall–Kier alpha value is -4.18. The summed E-state index contributed by atoms with van der Waals surface area (Å²) >= 11 is 0. The van der Waals surface area contributed by atoms with Crippen molar-refractivity contribution >= 4 is 11.7 Å². The molecule has 0 bridgehead atoms. The number of carbonyl (C=O) groups excluding carboxylic acids is 2. The van der Waals surface area contributed by atoms with Crippen LogP contribution >= 0.6 is 0 Å². The van der Waals surface area contributed by atoms with Crippen molar-refractivity contribution in [1.29, 1.82) is 5.26 Å². The largest absolute Gasteiger partial charge is 0.476 e. The van der Waals surface area contributed by atoms with Gasteiger partial charge in [0.05, 0.1) is 23.7 Å². The number of aromatic nitrogens is 2. The predicted molar refractivity (Wildman–Crippen MR) is 117 cm³/mol. The maximum absolute atomic E-state index is 13.4. The van der Waals surface area contributed by atoms with Gasteiger partial charge in [0.1, 0.15) is 5.69 Å². The lowest BCUT2D eigenvalue weighted by Gasteiger charge is -2.25. The molecule has 2 heterocycles. The van der Waals surface area contributed by atoms with E-state index in [1.807, 2.05) is 60.7 Å². The highest BCUT2D eigenvalue weighted by atomic mass is 16.5. The molecule has 158 valence electrons. The van der Waals surface area contributed by atoms with E-state index in [2.05, 4.69) is 10.4 Å². The summed E-state index contributed by atoms with van der Waals surface area (Å²) in [4.78, 5) is 26.3. The van der Waals surface area contributed by atoms with Crippen molar-refractivity contribution in [2.24, 2.45) is 5.92 Å². The van der Waals surface area contributed by atoms with Crippen molar-refractivity contribution in [1.82, 2.24) is 15.1 Å². The van der Waals surface area contributed by atoms with Gasteiger partial charge in [-0.3, -0.25) is 9.59 Å². The molecule has 32 heavy (non-hydrogen) atoms. The average molecular weight is 424 g/mol. The van der Waals surface area contributed by atoms with Crippen molar-refractivity contribution in [2.45, 2.75) is 25.5 Å². The molecular weight excluding hydrogens is 404 g/mol. The van der Waals surface area contributed by atoms with Crippen LogP contribution in [0.2, 0.25) is 0 Å². The minimum Gasteiger partial charge on any atom is -0.476 e. The maximum atomic E-state index is 13.4. The minimum atomic E-state index is -1.53. The van der Waals surface area contributed by atoms with Crippen LogP contribution in [-0.2, 0) is 16.0 Å². The van der Waals surface area contributed by atoms with Crippen molar-refractivity contribution < 1.29 is 14.3 Å². The van der Waals surface area contributed by atoms with Gasteiger partial charge in [0.2, 0.25) is 11.7 Å². The Kier molecular flexibility index (Phi) is 4.63. The summed E-state index contributed by atoms with van der Waals surface area (Å²) in [7, 11) is 0. The van der Waals surface area contributed by atoms with Gasteiger partial charge in [0, 0.05) is 24.0 Å². The first kappa shape index (κ1) is 19.8. The van der Waals surface area contributed by atoms with E-state index in [0.29, 0.717) is 12.8 Å². The number of ether oxygens (including phenoxy) is 1. The number of Topliss-reactive ketones (excluding diaryl/α,β-unsaturated/α-hetero) is 1. The van der Waals surface area contributed by atoms with Gasteiger partial charge in [0.15, 0.2) is 11.6 Å². The Labute approximate surface area is 184 Å². The molecule has 7 nitrogen and oxygen atoms in total. The van der Waals surface area contributed by atoms with Crippen LogP contribution in [0.5, 0.6) is 0 Å². The van der Waals surface area contributed by atoms with Gasteiger partial charge in [-0.25, -0.2) is 4.68 Å². The van der Waals surface area contributed by atoms with E-state index in [0.717, 1.165) is 28.1 Å². The molecule has 1 aliphatic heterocycles. The molecule has 5 rings (SSSR count). The van der Waals surface area contributed by atoms with E-state index in [9.17, 15) is 14.9 Å². The fraction of sp³-hybridized carbons (Fsp3) is 0.200. The monoisotopic (exact) mass is 424 g/mol. The number of carbonyl (C=O) groups is 2. The lowest BCUT2D eigenvalue weighted by atomic mass is 9.98. The second-order valence-electron chi connectivity index (χ2n) is 8.10. The van der Waals surface area contributed by atoms with Crippen molar-refractivity contribution in [2.75, 3.05) is 0 Å². The van der Waals surface area contributed by atoms with Crippen molar-refractivity contribution in [3.8, 4) is 23.0 Å². The number of benzene rings is 2. The van der Waals surface area contributed by atoms with Crippen LogP contribution in [0.25, 0.3) is 16.9 Å². The number of para-hydroxylation sites is 1. The van der Waals surface area contributed by atoms with Crippen LogP contribution in [0.3, 0.4) is 0 Å². The molecule has 3 aromatic rings. The Morgan fingerprint density at radius 3 is 2.66 bits per heavy atom. The standard InChI is InChI=1S/C25H20N4O3/c1-25(12-7-13-32-25)27-24(31)20(15-26)23(30)21-19-14-16-8-5-6-11-18(16)22(19)29(28-21)17-9-3-2-4-10-17/h2-11,13,20H,12,14H2,1H3,(H,27,31). The Morgan fingerprint density at radius 1 is 1.19 bits per heavy atom. The topological polar surface area (TPSA) is 97.0 Å². The molecule has 0 spiro atoms. The molecule has 2 aromatic carbocycles. The number of ketones is 1. The highest BCUT2D eigenvalue weighted by Gasteiger charge is 2.39. The maximum Gasteiger partial charge on any atom is 0.248 e. The summed E-state index contributed by atoms with van der Waals surface area (Å²) in [5, 5.41) is 17.0. The SMILES string of the molecule is CC1(NC(=O)C(C#N)C(=O)c2nn(-c3ccccc3)c3c2Cc2ccccc2-3)CC=CO1. The Balaban J connectivity index is 1.55. The first-order chi connectivity index (χ1) is 15.5. The number of rotatable bonds is 5. The summed E-state index contributed by atoms with van der Waals surface area (Å²) in [5.41, 5.74) is 3.62. The Bertz CT molecular complexity index is 1290. The number of nitriles is 1. The molecule has 0 saturated heterocycles. The van der Waals surface area contributed by atoms with Gasteiger partial charge in [-0.2, -0.15) is 10.4 Å². The molecule has 0 saturated carbocycles. The smallest absolute Gasteiger partial charge is 0.248 e. The van der Waals surface area contributed by atoms with Gasteiger partial charge in [-0.05, 0) is 30.7 Å². The molecular formula is C25H20N4O3. The zero-order valence-electron chi connectivity index (χ0n) is 17.4. The average Bonchev–Trinajstić information content (AvgIpc) is 3.48. The minimum absolute atomic E-state index is 0.150. The number of nitrogens with zero attached hydrogens (tertiary/aromatic N) is 3. The molecule has 1 N–H and O–H groups in total. The van der Waals surface area contributed by atoms with E-state index in [4.69, 9.17) is 4.74 Å². The number of hydrogen-bond acceptors (Lipinski definition) is 5. The highest BCUT2D eigenvalue weighted by Crippen LogP contribution is 2.40. The van der Waals surface area contributed by atoms with E-state index in [1.165, 1.54) is 6.26 Å². The van der Waals surface area contributed by atoms with E-state index in [1.54, 1.807) is 17.7 Å². The molecule has 2 unspecified atom stereocenters. The van der Waals surface area contributed by atoms with Crippen LogP contribution in [0.15, 0.2) is 66.9 Å². The number of amides is 1. The lowest BCUT2D eigenvalue weighted by Crippen LogP contribution is -2.49. The van der Waals surface area contributed by atoms with Gasteiger partial charge in [0.25, 0.3) is 0 Å². The molecule has 1 amide bonds. The van der Waals surface area contributed by atoms with Crippen LogP contribution in [0.1, 0.15) is 35.0 Å². The van der Waals surface area contributed by atoms with E-state index in [-0.39, 0.29) is 5.69 Å². The molecule has 2 aliphatic rings. The van der Waals surface area contributed by atoms with Crippen LogP contribution in [-0.4, -0.2) is 27.2 Å². The Morgan fingerprint density at radius 2 is 1.94 bits per heavy atom. The van der Waals surface area contributed by atoms with Gasteiger partial charge < -0.3 is 10.1 Å². The molecule has 7 heteroatoms. The predicted octanol–water partition coefficient (Wildman–Crippen LogP) is 3.53. The fourth-order valence-electron chi connectivity index (χ4n) is 4.25. The van der Waals surface area contributed by atoms with Crippen LogP contribution in [0, 0.1) is 17.2 Å². The summed E-state index contributed by atoms with van der Waals surface area (Å²) in [5.74, 6) is -2.83. The fourth-order valence-corrected chi connectivity index (χ4v) is 4.25. The van der Waals surface area contributed by atoms with Crippen molar-refractivity contribution in [3.63, 3.8) is 0 Å². The zero-order chi connectivity index (χ0) is 22.3. The second kappa shape index (κ2) is 7.50. The molecule has 1 aromatic heterocycles. The van der Waals surface area contributed by atoms with Gasteiger partial charge >= 0.3 is 0 Å². The highest BCUT2D eigenvalue weighted by molar-refractivity contribution is 6.13. The molecule has 0 radical (unpaired) electrons. The molecule has 2 atom stereocenters. The lowest BCUT2D eigenvalue weighted by molar-refractivity contribution is -0.128. The summed E-state index contributed by atoms with van der Waals surface area (Å²) in [6, 6.07) is 19.3. The number of hydrogen-bond donors (Lipinski definition) is 1. The first-order valence-corrected chi connectivity index (χ1v) is 10.3. The van der Waals surface area contributed by atoms with Crippen molar-refractivity contribution in [3.05, 3.63) is 83.8 Å². The van der Waals surface area contributed by atoms with Gasteiger partial charge in [-0.15, -0.1) is 0 Å². The van der Waals surface area contributed by atoms with E-state index < -0.39 is 23.3 Å². The second-order valence-corrected chi connectivity index (χ2v) is 8.10. The summed E-state index contributed by atoms with van der Waals surface area (Å²) < 4.78 is 7.14. The quantitative estimate of drug-likeness (QED) is 0.390. The normalized spacial score (nSPS) is 18.9. The third-order valence-electron chi connectivity index (χ3n) is 5.83. The molecule has 1 aliphatic carbocycles. The van der Waals surface area contributed by atoms with Crippen LogP contribution in [0.4, 0.5) is 0 Å². The van der Waals surface area contributed by atoms with Gasteiger partial charge in [-0.1, -0.05) is 42.5 Å². The summed E-state index contributed by atoms with van der Waals surface area (Å²) in [6.45, 7) is 1.70. The third-order valence-corrected chi connectivity index (χ3v) is 5.83.